The Morgan fingerprint density at radius 3 is 2.70 bits per heavy atom. The van der Waals surface area contributed by atoms with E-state index in [0.29, 0.717) is 37.2 Å². The van der Waals surface area contributed by atoms with Gasteiger partial charge in [0.25, 0.3) is 0 Å². The molecule has 7 heteroatoms. The Balaban J connectivity index is 1.58. The number of amides is 1. The van der Waals surface area contributed by atoms with Gasteiger partial charge in [-0.1, -0.05) is 36.4 Å². The summed E-state index contributed by atoms with van der Waals surface area (Å²) in [6.45, 7) is 2.65. The number of methoxy groups -OCH3 is 1. The fourth-order valence-electron chi connectivity index (χ4n) is 3.80. The molecule has 3 rings (SSSR count). The van der Waals surface area contributed by atoms with Crippen molar-refractivity contribution >= 4 is 21.6 Å². The highest BCUT2D eigenvalue weighted by atomic mass is 32.2. The molecule has 30 heavy (non-hydrogen) atoms. The van der Waals surface area contributed by atoms with Crippen LogP contribution in [0.5, 0.6) is 5.75 Å². The first-order valence-corrected chi connectivity index (χ1v) is 12.0. The SMILES string of the molecule is COc1ccc(C)cc1NC(=O)C1CCCN(S(=O)(=O)CCCc2ccccc2)C1. The number of carbonyl (C=O) groups is 1. The molecule has 6 nitrogen and oxygen atoms in total. The Morgan fingerprint density at radius 2 is 1.97 bits per heavy atom. The molecule has 1 atom stereocenters. The van der Waals surface area contributed by atoms with Gasteiger partial charge in [0.15, 0.2) is 0 Å². The minimum atomic E-state index is -3.38. The van der Waals surface area contributed by atoms with Crippen molar-refractivity contribution in [1.82, 2.24) is 4.31 Å². The highest BCUT2D eigenvalue weighted by Gasteiger charge is 2.32. The van der Waals surface area contributed by atoms with Gasteiger partial charge in [0, 0.05) is 13.1 Å². The zero-order chi connectivity index (χ0) is 21.6. The van der Waals surface area contributed by atoms with Crippen LogP contribution in [0.3, 0.4) is 0 Å². The molecule has 0 saturated carbocycles. The summed E-state index contributed by atoms with van der Waals surface area (Å²) in [7, 11) is -1.82. The van der Waals surface area contributed by atoms with Crippen LogP contribution in [-0.4, -0.2) is 44.6 Å². The molecule has 0 aromatic heterocycles. The molecule has 1 amide bonds. The summed E-state index contributed by atoms with van der Waals surface area (Å²) >= 11 is 0. The topological polar surface area (TPSA) is 75.7 Å². The van der Waals surface area contributed by atoms with Gasteiger partial charge >= 0.3 is 0 Å². The number of nitrogens with one attached hydrogen (secondary N) is 1. The maximum absolute atomic E-state index is 12.8. The molecule has 0 spiro atoms. The molecule has 1 unspecified atom stereocenters. The van der Waals surface area contributed by atoms with E-state index in [1.165, 1.54) is 4.31 Å². The van der Waals surface area contributed by atoms with Crippen LogP contribution in [0.4, 0.5) is 5.69 Å². The van der Waals surface area contributed by atoms with Gasteiger partial charge in [-0.3, -0.25) is 4.79 Å². The number of carbonyl (C=O) groups excluding carboxylic acids is 1. The minimum absolute atomic E-state index is 0.0991. The van der Waals surface area contributed by atoms with E-state index in [9.17, 15) is 13.2 Å². The van der Waals surface area contributed by atoms with E-state index < -0.39 is 10.0 Å². The van der Waals surface area contributed by atoms with Crippen LogP contribution in [0.25, 0.3) is 0 Å². The Kier molecular flexibility index (Phi) is 7.50. The molecule has 0 aliphatic carbocycles. The van der Waals surface area contributed by atoms with Crippen molar-refractivity contribution in [1.29, 1.82) is 0 Å². The van der Waals surface area contributed by atoms with Crippen molar-refractivity contribution < 1.29 is 17.9 Å². The summed E-state index contributed by atoms with van der Waals surface area (Å²) in [5, 5.41) is 2.92. The normalized spacial score (nSPS) is 17.5. The van der Waals surface area contributed by atoms with E-state index in [1.807, 2.05) is 55.5 Å². The molecule has 1 fully saturated rings. The Hall–Kier alpha value is -2.38. The van der Waals surface area contributed by atoms with Gasteiger partial charge in [0.2, 0.25) is 15.9 Å². The van der Waals surface area contributed by atoms with Crippen molar-refractivity contribution in [3.05, 3.63) is 59.7 Å². The first-order chi connectivity index (χ1) is 14.4. The number of piperidine rings is 1. The van der Waals surface area contributed by atoms with Crippen molar-refractivity contribution in [2.75, 3.05) is 31.3 Å². The molecule has 1 aliphatic rings. The number of hydrogen-bond donors (Lipinski definition) is 1. The quantitative estimate of drug-likeness (QED) is 0.694. The second kappa shape index (κ2) is 10.1. The Morgan fingerprint density at radius 1 is 1.20 bits per heavy atom. The van der Waals surface area contributed by atoms with Crippen molar-refractivity contribution in [3.8, 4) is 5.75 Å². The number of anilines is 1. The maximum atomic E-state index is 12.8. The first-order valence-electron chi connectivity index (χ1n) is 10.4. The highest BCUT2D eigenvalue weighted by molar-refractivity contribution is 7.89. The maximum Gasteiger partial charge on any atom is 0.228 e. The molecule has 1 saturated heterocycles. The largest absolute Gasteiger partial charge is 0.495 e. The van der Waals surface area contributed by atoms with Gasteiger partial charge in [-0.25, -0.2) is 12.7 Å². The molecular formula is C23H30N2O4S. The van der Waals surface area contributed by atoms with E-state index >= 15 is 0 Å². The summed E-state index contributed by atoms with van der Waals surface area (Å²) in [6, 6.07) is 15.5. The van der Waals surface area contributed by atoms with E-state index in [2.05, 4.69) is 5.32 Å². The number of hydrogen-bond acceptors (Lipinski definition) is 4. The Labute approximate surface area is 179 Å². The lowest BCUT2D eigenvalue weighted by Gasteiger charge is -2.31. The smallest absolute Gasteiger partial charge is 0.228 e. The van der Waals surface area contributed by atoms with Crippen LogP contribution in [0, 0.1) is 12.8 Å². The van der Waals surface area contributed by atoms with Crippen LogP contribution in [0.1, 0.15) is 30.4 Å². The molecule has 1 N–H and O–H groups in total. The van der Waals surface area contributed by atoms with Gasteiger partial charge in [-0.2, -0.15) is 0 Å². The zero-order valence-corrected chi connectivity index (χ0v) is 18.5. The lowest BCUT2D eigenvalue weighted by Crippen LogP contribution is -2.44. The number of ether oxygens (including phenoxy) is 1. The third kappa shape index (κ3) is 5.83. The van der Waals surface area contributed by atoms with E-state index in [4.69, 9.17) is 4.74 Å². The molecule has 0 radical (unpaired) electrons. The van der Waals surface area contributed by atoms with Gasteiger partial charge in [0.1, 0.15) is 5.75 Å². The summed E-state index contributed by atoms with van der Waals surface area (Å²) in [4.78, 5) is 12.8. The molecule has 2 aromatic rings. The average molecular weight is 431 g/mol. The second-order valence-corrected chi connectivity index (χ2v) is 9.88. The molecule has 0 bridgehead atoms. The standard InChI is InChI=1S/C23H30N2O4S/c1-18-12-13-22(29-2)21(16-18)24-23(26)20-11-6-14-25(17-20)30(27,28)15-7-10-19-8-4-3-5-9-19/h3-5,8-9,12-13,16,20H,6-7,10-11,14-15,17H2,1-2H3,(H,24,26). The summed E-state index contributed by atoms with van der Waals surface area (Å²) in [5.74, 6) is 0.160. The molecule has 162 valence electrons. The first kappa shape index (κ1) is 22.3. The lowest BCUT2D eigenvalue weighted by molar-refractivity contribution is -0.120. The van der Waals surface area contributed by atoms with Gasteiger partial charge < -0.3 is 10.1 Å². The summed E-state index contributed by atoms with van der Waals surface area (Å²) < 4.78 is 32.5. The van der Waals surface area contributed by atoms with Crippen LogP contribution in [-0.2, 0) is 21.2 Å². The highest BCUT2D eigenvalue weighted by Crippen LogP contribution is 2.27. The van der Waals surface area contributed by atoms with Gasteiger partial charge in [0.05, 0.1) is 24.5 Å². The minimum Gasteiger partial charge on any atom is -0.495 e. The van der Waals surface area contributed by atoms with E-state index in [1.54, 1.807) is 7.11 Å². The second-order valence-electron chi connectivity index (χ2n) is 7.80. The Bertz CT molecular complexity index is 960. The van der Waals surface area contributed by atoms with Gasteiger partial charge in [-0.05, 0) is 55.9 Å². The fraction of sp³-hybridized carbons (Fsp3) is 0.435. The predicted octanol–water partition coefficient (Wildman–Crippen LogP) is 3.62. The van der Waals surface area contributed by atoms with Crippen LogP contribution < -0.4 is 10.1 Å². The third-order valence-corrected chi connectivity index (χ3v) is 7.39. The van der Waals surface area contributed by atoms with E-state index in [0.717, 1.165) is 17.5 Å². The zero-order valence-electron chi connectivity index (χ0n) is 17.6. The third-order valence-electron chi connectivity index (χ3n) is 5.47. The fourth-order valence-corrected chi connectivity index (χ4v) is 5.38. The number of aryl methyl sites for hydroxylation is 2. The summed E-state index contributed by atoms with van der Waals surface area (Å²) in [5.41, 5.74) is 2.76. The van der Waals surface area contributed by atoms with E-state index in [-0.39, 0.29) is 24.1 Å². The van der Waals surface area contributed by atoms with Crippen LogP contribution in [0.2, 0.25) is 0 Å². The molecule has 2 aromatic carbocycles. The molecular weight excluding hydrogens is 400 g/mol. The van der Waals surface area contributed by atoms with Crippen molar-refractivity contribution in [2.45, 2.75) is 32.6 Å². The summed E-state index contributed by atoms with van der Waals surface area (Å²) in [6.07, 6.45) is 2.65. The van der Waals surface area contributed by atoms with Gasteiger partial charge in [-0.15, -0.1) is 0 Å². The number of benzene rings is 2. The predicted molar refractivity (Wildman–Crippen MR) is 119 cm³/mol. The van der Waals surface area contributed by atoms with Crippen molar-refractivity contribution in [2.24, 2.45) is 5.92 Å². The monoisotopic (exact) mass is 430 g/mol. The molecule has 1 heterocycles. The lowest BCUT2D eigenvalue weighted by atomic mass is 9.98. The number of sulfonamides is 1. The molecule has 1 aliphatic heterocycles. The van der Waals surface area contributed by atoms with Crippen LogP contribution in [0.15, 0.2) is 48.5 Å². The number of rotatable bonds is 8. The van der Waals surface area contributed by atoms with Crippen molar-refractivity contribution in [3.63, 3.8) is 0 Å². The van der Waals surface area contributed by atoms with Crippen LogP contribution >= 0.6 is 0 Å². The number of nitrogens with zero attached hydrogens (tertiary/aromatic N) is 1. The average Bonchev–Trinajstić information content (AvgIpc) is 2.74.